The Hall–Kier alpha value is -2.04. The van der Waals surface area contributed by atoms with Crippen LogP contribution in [0.2, 0.25) is 15.1 Å². The molecule has 0 aromatic heterocycles. The van der Waals surface area contributed by atoms with Crippen LogP contribution in [0, 0.1) is 0 Å². The lowest BCUT2D eigenvalue weighted by molar-refractivity contribution is -0.117. The van der Waals surface area contributed by atoms with Crippen LogP contribution < -0.4 is 5.32 Å². The number of hydrogen-bond acceptors (Lipinski definition) is 2. The number of carbonyl (C=O) groups is 1. The van der Waals surface area contributed by atoms with Crippen molar-refractivity contribution in [1.29, 1.82) is 0 Å². The van der Waals surface area contributed by atoms with Gasteiger partial charge in [0.25, 0.3) is 0 Å². The van der Waals surface area contributed by atoms with Crippen LogP contribution in [0.1, 0.15) is 11.1 Å². The Kier molecular flexibility index (Phi) is 7.35. The maximum atomic E-state index is 12.7. The van der Waals surface area contributed by atoms with E-state index in [-0.39, 0.29) is 12.5 Å². The van der Waals surface area contributed by atoms with Crippen molar-refractivity contribution in [3.8, 4) is 0 Å². The third-order valence-electron chi connectivity index (χ3n) is 4.15. The largest absolute Gasteiger partial charge is 0.324 e. The second-order valence-electron chi connectivity index (χ2n) is 6.41. The molecule has 0 fully saturated rings. The minimum absolute atomic E-state index is 0.174. The molecule has 6 heteroatoms. The van der Waals surface area contributed by atoms with Gasteiger partial charge in [-0.1, -0.05) is 95.5 Å². The SMILES string of the molecule is O=C(CN(Cc1ccccc1)Cc1ccccc1)Nc1cc(Cl)c(Cl)cc1Cl. The second-order valence-corrected chi connectivity index (χ2v) is 7.63. The summed E-state index contributed by atoms with van der Waals surface area (Å²) in [6, 6.07) is 23.2. The van der Waals surface area contributed by atoms with Crippen molar-refractivity contribution in [3.05, 3.63) is 99.0 Å². The van der Waals surface area contributed by atoms with Gasteiger partial charge in [-0.25, -0.2) is 0 Å². The first-order valence-corrected chi connectivity index (χ1v) is 9.89. The highest BCUT2D eigenvalue weighted by Gasteiger charge is 2.14. The Balaban J connectivity index is 1.72. The van der Waals surface area contributed by atoms with Crippen LogP contribution >= 0.6 is 34.8 Å². The monoisotopic (exact) mass is 432 g/mol. The molecule has 0 unspecified atom stereocenters. The van der Waals surface area contributed by atoms with Gasteiger partial charge in [-0.15, -0.1) is 0 Å². The molecule has 0 atom stereocenters. The van der Waals surface area contributed by atoms with E-state index in [1.54, 1.807) is 6.07 Å². The Morgan fingerprint density at radius 2 is 1.25 bits per heavy atom. The summed E-state index contributed by atoms with van der Waals surface area (Å²) in [4.78, 5) is 14.7. The molecule has 144 valence electrons. The number of nitrogens with zero attached hydrogens (tertiary/aromatic N) is 1. The highest BCUT2D eigenvalue weighted by Crippen LogP contribution is 2.32. The lowest BCUT2D eigenvalue weighted by Crippen LogP contribution is -2.32. The maximum Gasteiger partial charge on any atom is 0.238 e. The number of halogens is 3. The van der Waals surface area contributed by atoms with E-state index < -0.39 is 0 Å². The van der Waals surface area contributed by atoms with Gasteiger partial charge in [0.1, 0.15) is 0 Å². The fourth-order valence-corrected chi connectivity index (χ4v) is 3.46. The summed E-state index contributed by atoms with van der Waals surface area (Å²) >= 11 is 18.2. The fourth-order valence-electron chi connectivity index (χ4n) is 2.86. The molecule has 3 rings (SSSR count). The number of anilines is 1. The van der Waals surface area contributed by atoms with Crippen LogP contribution in [0.25, 0.3) is 0 Å². The number of benzene rings is 3. The Bertz CT molecular complexity index is 892. The van der Waals surface area contributed by atoms with Crippen molar-refractivity contribution in [1.82, 2.24) is 4.90 Å². The zero-order valence-electron chi connectivity index (χ0n) is 15.0. The van der Waals surface area contributed by atoms with E-state index in [0.29, 0.717) is 33.8 Å². The molecule has 0 radical (unpaired) electrons. The van der Waals surface area contributed by atoms with E-state index >= 15 is 0 Å². The number of carbonyl (C=O) groups excluding carboxylic acids is 1. The van der Waals surface area contributed by atoms with Crippen LogP contribution in [-0.2, 0) is 17.9 Å². The molecule has 3 aromatic carbocycles. The first-order valence-electron chi connectivity index (χ1n) is 8.76. The minimum Gasteiger partial charge on any atom is -0.324 e. The van der Waals surface area contributed by atoms with Crippen molar-refractivity contribution in [2.45, 2.75) is 13.1 Å². The summed E-state index contributed by atoms with van der Waals surface area (Å²) in [5.41, 5.74) is 2.72. The van der Waals surface area contributed by atoms with Crippen LogP contribution in [0.4, 0.5) is 5.69 Å². The average molecular weight is 434 g/mol. The van der Waals surface area contributed by atoms with Gasteiger partial charge in [-0.3, -0.25) is 9.69 Å². The first kappa shape index (κ1) is 20.7. The predicted octanol–water partition coefficient (Wildman–Crippen LogP) is 6.29. The number of amides is 1. The van der Waals surface area contributed by atoms with Gasteiger partial charge in [0, 0.05) is 13.1 Å². The molecular weight excluding hydrogens is 415 g/mol. The van der Waals surface area contributed by atoms with Gasteiger partial charge >= 0.3 is 0 Å². The van der Waals surface area contributed by atoms with E-state index in [0.717, 1.165) is 11.1 Å². The lowest BCUT2D eigenvalue weighted by atomic mass is 10.1. The van der Waals surface area contributed by atoms with Crippen molar-refractivity contribution >= 4 is 46.4 Å². The van der Waals surface area contributed by atoms with E-state index in [4.69, 9.17) is 34.8 Å². The van der Waals surface area contributed by atoms with Crippen LogP contribution in [0.15, 0.2) is 72.8 Å². The molecule has 0 aliphatic carbocycles. The number of rotatable bonds is 7. The molecular formula is C22H19Cl3N2O. The Morgan fingerprint density at radius 3 is 1.79 bits per heavy atom. The summed E-state index contributed by atoms with van der Waals surface area (Å²) in [7, 11) is 0. The van der Waals surface area contributed by atoms with Gasteiger partial charge in [0.15, 0.2) is 0 Å². The molecule has 3 aromatic rings. The molecule has 0 spiro atoms. The van der Waals surface area contributed by atoms with E-state index in [9.17, 15) is 4.79 Å². The summed E-state index contributed by atoms with van der Waals surface area (Å²) in [5, 5.41) is 3.86. The number of nitrogens with one attached hydrogen (secondary N) is 1. The maximum absolute atomic E-state index is 12.7. The summed E-state index contributed by atoms with van der Waals surface area (Å²) in [5.74, 6) is -0.174. The smallest absolute Gasteiger partial charge is 0.238 e. The fraction of sp³-hybridized carbons (Fsp3) is 0.136. The average Bonchev–Trinajstić information content (AvgIpc) is 2.67. The molecule has 3 nitrogen and oxygen atoms in total. The summed E-state index contributed by atoms with van der Waals surface area (Å²) in [6.07, 6.45) is 0. The molecule has 1 N–H and O–H groups in total. The molecule has 0 saturated heterocycles. The third kappa shape index (κ3) is 5.98. The highest BCUT2D eigenvalue weighted by atomic mass is 35.5. The molecule has 0 bridgehead atoms. The molecule has 0 saturated carbocycles. The molecule has 0 heterocycles. The normalized spacial score (nSPS) is 10.9. The van der Waals surface area contributed by atoms with Crippen molar-refractivity contribution in [3.63, 3.8) is 0 Å². The zero-order chi connectivity index (χ0) is 19.9. The Labute approximate surface area is 179 Å². The lowest BCUT2D eigenvalue weighted by Gasteiger charge is -2.22. The topological polar surface area (TPSA) is 32.3 Å². The van der Waals surface area contributed by atoms with E-state index in [1.165, 1.54) is 6.07 Å². The number of hydrogen-bond donors (Lipinski definition) is 1. The van der Waals surface area contributed by atoms with Gasteiger partial charge in [0.05, 0.1) is 27.3 Å². The third-order valence-corrected chi connectivity index (χ3v) is 5.18. The molecule has 1 amide bonds. The van der Waals surface area contributed by atoms with E-state index in [1.807, 2.05) is 60.7 Å². The van der Waals surface area contributed by atoms with Crippen LogP contribution in [0.3, 0.4) is 0 Å². The van der Waals surface area contributed by atoms with E-state index in [2.05, 4.69) is 10.2 Å². The van der Waals surface area contributed by atoms with Gasteiger partial charge < -0.3 is 5.32 Å². The van der Waals surface area contributed by atoms with Crippen molar-refractivity contribution < 1.29 is 4.79 Å². The first-order chi connectivity index (χ1) is 13.5. The molecule has 0 aliphatic rings. The standard InChI is InChI=1S/C22H19Cl3N2O/c23-18-11-20(25)21(12-19(18)24)26-22(28)15-27(13-16-7-3-1-4-8-16)14-17-9-5-2-6-10-17/h1-12H,13-15H2,(H,26,28). The highest BCUT2D eigenvalue weighted by molar-refractivity contribution is 6.44. The minimum atomic E-state index is -0.174. The Morgan fingerprint density at radius 1 is 0.750 bits per heavy atom. The van der Waals surface area contributed by atoms with Gasteiger partial charge in [-0.2, -0.15) is 0 Å². The van der Waals surface area contributed by atoms with Gasteiger partial charge in [-0.05, 0) is 23.3 Å². The van der Waals surface area contributed by atoms with Crippen LogP contribution in [-0.4, -0.2) is 17.4 Å². The summed E-state index contributed by atoms with van der Waals surface area (Å²) in [6.45, 7) is 1.51. The van der Waals surface area contributed by atoms with Gasteiger partial charge in [0.2, 0.25) is 5.91 Å². The predicted molar refractivity (Wildman–Crippen MR) is 117 cm³/mol. The quantitative estimate of drug-likeness (QED) is 0.444. The van der Waals surface area contributed by atoms with Crippen LogP contribution in [0.5, 0.6) is 0 Å². The molecule has 0 aliphatic heterocycles. The summed E-state index contributed by atoms with van der Waals surface area (Å²) < 4.78 is 0. The van der Waals surface area contributed by atoms with Crippen molar-refractivity contribution in [2.24, 2.45) is 0 Å². The molecule has 28 heavy (non-hydrogen) atoms. The second kappa shape index (κ2) is 9.94. The van der Waals surface area contributed by atoms with Crippen molar-refractivity contribution in [2.75, 3.05) is 11.9 Å². The zero-order valence-corrected chi connectivity index (χ0v) is 17.3.